The minimum atomic E-state index is -0.945. The lowest BCUT2D eigenvalue weighted by Crippen LogP contribution is -2.36. The number of carbonyl (C=O) groups is 8. The lowest BCUT2D eigenvalue weighted by atomic mass is 10.1. The Morgan fingerprint density at radius 2 is 0.700 bits per heavy atom. The zero-order chi connectivity index (χ0) is 49.8. The van der Waals surface area contributed by atoms with Crippen molar-refractivity contribution >= 4 is 48.1 Å². The van der Waals surface area contributed by atoms with E-state index in [0.29, 0.717) is 25.7 Å². The third-order valence-corrected chi connectivity index (χ3v) is 10.0. The summed E-state index contributed by atoms with van der Waals surface area (Å²) in [5.74, 6) is -3.35. The number of unbranched alkanes of at least 4 members (excludes halogenated alkanes) is 2. The highest BCUT2D eigenvalue weighted by Gasteiger charge is 2.51. The first kappa shape index (κ1) is 51.0. The van der Waals surface area contributed by atoms with Crippen LogP contribution < -0.4 is 18.9 Å². The average Bonchev–Trinajstić information content (AvgIpc) is 3.96. The summed E-state index contributed by atoms with van der Waals surface area (Å²) in [5.41, 5.74) is 0.613. The van der Waals surface area contributed by atoms with Gasteiger partial charge in [0.2, 0.25) is 0 Å². The van der Waals surface area contributed by atoms with Crippen molar-refractivity contribution in [1.29, 1.82) is 0 Å². The highest BCUT2D eigenvalue weighted by molar-refractivity contribution is 5.93. The van der Waals surface area contributed by atoms with Crippen LogP contribution in [0.1, 0.15) is 67.1 Å². The van der Waals surface area contributed by atoms with Crippen LogP contribution in [-0.2, 0) is 47.5 Å². The fraction of sp³-hybridized carbons (Fsp3) is 0.280. The monoisotopic (exact) mass is 966 g/mol. The number of esters is 6. The molecule has 2 unspecified atom stereocenters. The Bertz CT molecular complexity index is 2320. The zero-order valence-corrected chi connectivity index (χ0v) is 37.4. The van der Waals surface area contributed by atoms with Gasteiger partial charge in [-0.25, -0.2) is 38.4 Å². The van der Waals surface area contributed by atoms with Crippen molar-refractivity contribution in [3.05, 3.63) is 145 Å². The molecule has 0 N–H and O–H groups in total. The molecule has 2 aliphatic heterocycles. The van der Waals surface area contributed by atoms with Gasteiger partial charge in [0.25, 0.3) is 0 Å². The quantitative estimate of drug-likeness (QED) is 0.0198. The number of rotatable bonds is 22. The maximum Gasteiger partial charge on any atom is 0.513 e. The molecule has 70 heavy (non-hydrogen) atoms. The van der Waals surface area contributed by atoms with E-state index >= 15 is 0 Å². The first-order valence-electron chi connectivity index (χ1n) is 21.7. The number of benzene rings is 4. The van der Waals surface area contributed by atoms with Crippen molar-refractivity contribution in [2.75, 3.05) is 39.6 Å². The Morgan fingerprint density at radius 3 is 1.01 bits per heavy atom. The smallest absolute Gasteiger partial charge is 0.463 e. The summed E-state index contributed by atoms with van der Waals surface area (Å²) in [7, 11) is 0. The first-order valence-corrected chi connectivity index (χ1v) is 21.7. The second-order valence-electron chi connectivity index (χ2n) is 14.9. The van der Waals surface area contributed by atoms with Crippen molar-refractivity contribution in [3.8, 4) is 23.0 Å². The highest BCUT2D eigenvalue weighted by Crippen LogP contribution is 2.32. The summed E-state index contributed by atoms with van der Waals surface area (Å²) in [6.45, 7) is 6.98. The second-order valence-corrected chi connectivity index (χ2v) is 14.9. The van der Waals surface area contributed by atoms with Crippen LogP contribution in [0.3, 0.4) is 0 Å². The molecule has 366 valence electrons. The molecule has 0 radical (unpaired) electrons. The van der Waals surface area contributed by atoms with Gasteiger partial charge in [0.15, 0.2) is 12.2 Å². The van der Waals surface area contributed by atoms with Crippen molar-refractivity contribution < 1.29 is 95.2 Å². The van der Waals surface area contributed by atoms with Crippen LogP contribution in [0, 0.1) is 0 Å². The highest BCUT2D eigenvalue weighted by atomic mass is 16.7. The van der Waals surface area contributed by atoms with Crippen molar-refractivity contribution in [1.82, 2.24) is 0 Å². The Kier molecular flexibility index (Phi) is 18.7. The van der Waals surface area contributed by atoms with Gasteiger partial charge in [-0.3, -0.25) is 0 Å². The lowest BCUT2D eigenvalue weighted by molar-refractivity contribution is -0.138. The molecule has 0 saturated carbocycles. The van der Waals surface area contributed by atoms with E-state index in [9.17, 15) is 38.4 Å². The molecule has 0 aliphatic carbocycles. The molecule has 2 fully saturated rings. The fourth-order valence-electron chi connectivity index (χ4n) is 6.44. The SMILES string of the molecule is C=CC(=O)OCCCCOC(=O)Oc1ccc(C(=O)Oc2ccc(C(=O)OC3CO[C@@H]4C(OC(=O)c5ccc(OC(=O)c6ccc(OC(=O)OCCCCOC(=O)C=C)cc6)cc5)CO[C@H]34)cc2)cc1. The Morgan fingerprint density at radius 1 is 0.414 bits per heavy atom. The van der Waals surface area contributed by atoms with E-state index in [2.05, 4.69) is 13.2 Å². The molecule has 2 heterocycles. The van der Waals surface area contributed by atoms with Gasteiger partial charge >= 0.3 is 48.1 Å². The fourth-order valence-corrected chi connectivity index (χ4v) is 6.44. The third-order valence-electron chi connectivity index (χ3n) is 10.0. The molecule has 0 bridgehead atoms. The molecule has 0 aromatic heterocycles. The summed E-state index contributed by atoms with van der Waals surface area (Å²) in [4.78, 5) is 97.6. The van der Waals surface area contributed by atoms with Gasteiger partial charge in [-0.05, 0) is 123 Å². The van der Waals surface area contributed by atoms with E-state index in [0.717, 1.165) is 12.2 Å². The van der Waals surface area contributed by atoms with Crippen LogP contribution in [0.15, 0.2) is 122 Å². The molecule has 4 aromatic carbocycles. The molecular formula is C50H46O20. The van der Waals surface area contributed by atoms with E-state index in [1.54, 1.807) is 0 Å². The molecule has 2 saturated heterocycles. The summed E-state index contributed by atoms with van der Waals surface area (Å²) < 4.78 is 63.7. The molecule has 4 aromatic rings. The van der Waals surface area contributed by atoms with E-state index in [1.807, 2.05) is 0 Å². The summed E-state index contributed by atoms with van der Waals surface area (Å²) in [5, 5.41) is 0. The molecular weight excluding hydrogens is 921 g/mol. The summed E-state index contributed by atoms with van der Waals surface area (Å²) >= 11 is 0. The number of ether oxygens (including phenoxy) is 12. The average molecular weight is 967 g/mol. The number of hydrogen-bond acceptors (Lipinski definition) is 20. The predicted molar refractivity (Wildman–Crippen MR) is 238 cm³/mol. The van der Waals surface area contributed by atoms with Crippen LogP contribution in [0.4, 0.5) is 9.59 Å². The van der Waals surface area contributed by atoms with E-state index in [1.165, 1.54) is 97.1 Å². The van der Waals surface area contributed by atoms with Gasteiger partial charge in [0, 0.05) is 12.2 Å². The summed E-state index contributed by atoms with van der Waals surface area (Å²) in [6.07, 6.45) is -0.999. The van der Waals surface area contributed by atoms with E-state index in [-0.39, 0.29) is 84.9 Å². The number of hydrogen-bond donors (Lipinski definition) is 0. The van der Waals surface area contributed by atoms with Crippen molar-refractivity contribution in [2.45, 2.75) is 50.1 Å². The minimum absolute atomic E-state index is 0.0198. The number of carbonyl (C=O) groups excluding carboxylic acids is 8. The first-order chi connectivity index (χ1) is 33.9. The minimum Gasteiger partial charge on any atom is -0.463 e. The Labute approximate surface area is 399 Å². The van der Waals surface area contributed by atoms with Crippen molar-refractivity contribution in [3.63, 3.8) is 0 Å². The molecule has 2 aliphatic rings. The van der Waals surface area contributed by atoms with Gasteiger partial charge in [0.1, 0.15) is 35.2 Å². The molecule has 6 rings (SSSR count). The van der Waals surface area contributed by atoms with Crippen LogP contribution in [0.2, 0.25) is 0 Å². The van der Waals surface area contributed by atoms with Gasteiger partial charge in [0.05, 0.1) is 61.9 Å². The largest absolute Gasteiger partial charge is 0.513 e. The Balaban J connectivity index is 0.876. The normalized spacial score (nSPS) is 16.5. The molecule has 0 amide bonds. The standard InChI is InChI=1S/C50H46O20/c1-3-41(51)59-25-5-7-27-61-49(57)67-37-21-13-31(14-22-37)45(53)65-35-17-9-33(10-18-35)47(55)69-39-29-63-44-40(30-64-43(39)44)70-48(56)34-11-19-36(20-12-34)66-46(54)32-15-23-38(24-16-32)68-50(58)62-28-8-6-26-60-42(52)4-2/h3-4,9-24,39-40,43-44H,1-2,5-8,25-30H2/t39?,40?,43-,44-/m1/s1. The Hall–Kier alpha value is -8.36. The van der Waals surface area contributed by atoms with Gasteiger partial charge < -0.3 is 56.8 Å². The zero-order valence-electron chi connectivity index (χ0n) is 37.4. The molecule has 20 nitrogen and oxygen atoms in total. The lowest BCUT2D eigenvalue weighted by Gasteiger charge is -2.17. The topological polar surface area (TPSA) is 247 Å². The maximum absolute atomic E-state index is 13.1. The van der Waals surface area contributed by atoms with Crippen LogP contribution in [0.25, 0.3) is 0 Å². The van der Waals surface area contributed by atoms with Gasteiger partial charge in [-0.1, -0.05) is 13.2 Å². The van der Waals surface area contributed by atoms with E-state index < -0.39 is 72.5 Å². The molecule has 4 atom stereocenters. The predicted octanol–water partition coefficient (Wildman–Crippen LogP) is 6.72. The number of fused-ring (bicyclic) bond motifs is 1. The third kappa shape index (κ3) is 15.3. The second kappa shape index (κ2) is 25.7. The summed E-state index contributed by atoms with van der Waals surface area (Å²) in [6, 6.07) is 22.4. The maximum atomic E-state index is 13.1. The molecule has 20 heteroatoms. The molecule has 0 spiro atoms. The van der Waals surface area contributed by atoms with Gasteiger partial charge in [-0.2, -0.15) is 0 Å². The van der Waals surface area contributed by atoms with Crippen LogP contribution in [-0.4, -0.2) is 112 Å². The van der Waals surface area contributed by atoms with E-state index in [4.69, 9.17) is 56.8 Å². The van der Waals surface area contributed by atoms with Crippen molar-refractivity contribution in [2.24, 2.45) is 0 Å². The van der Waals surface area contributed by atoms with Crippen LogP contribution in [0.5, 0.6) is 23.0 Å². The van der Waals surface area contributed by atoms with Gasteiger partial charge in [-0.15, -0.1) is 0 Å². The van der Waals surface area contributed by atoms with Crippen LogP contribution >= 0.6 is 0 Å².